The smallest absolute Gasteiger partial charge is 0.150 e. The number of anilines is 2. The Morgan fingerprint density at radius 2 is 1.95 bits per heavy atom. The number of nitrogens with two attached hydrogens (primary N) is 1. The molecular weight excluding hydrogens is 238 g/mol. The lowest BCUT2D eigenvalue weighted by Gasteiger charge is -2.49. The van der Waals surface area contributed by atoms with E-state index in [9.17, 15) is 0 Å². The van der Waals surface area contributed by atoms with Crippen molar-refractivity contribution >= 4 is 11.5 Å². The van der Waals surface area contributed by atoms with Gasteiger partial charge in [-0.15, -0.1) is 0 Å². The maximum atomic E-state index is 6.23. The van der Waals surface area contributed by atoms with Gasteiger partial charge in [-0.1, -0.05) is 6.92 Å². The minimum absolute atomic E-state index is 0.303. The third kappa shape index (κ3) is 2.31. The van der Waals surface area contributed by atoms with Crippen LogP contribution in [0, 0.1) is 0 Å². The Morgan fingerprint density at radius 1 is 1.32 bits per heavy atom. The van der Waals surface area contributed by atoms with Gasteiger partial charge in [0.2, 0.25) is 0 Å². The van der Waals surface area contributed by atoms with Crippen LogP contribution in [0.1, 0.15) is 31.9 Å². The molecule has 5 heteroatoms. The summed E-state index contributed by atoms with van der Waals surface area (Å²) in [4.78, 5) is 4.63. The van der Waals surface area contributed by atoms with Gasteiger partial charge in [0.05, 0.1) is 11.4 Å². The third-order valence-electron chi connectivity index (χ3n) is 4.59. The van der Waals surface area contributed by atoms with E-state index in [4.69, 9.17) is 5.73 Å². The van der Waals surface area contributed by atoms with Crippen LogP contribution in [0.2, 0.25) is 0 Å². The molecule has 0 bridgehead atoms. The minimum Gasteiger partial charge on any atom is -0.394 e. The Hall–Kier alpha value is -1.23. The quantitative estimate of drug-likeness (QED) is 0.876. The molecule has 0 saturated heterocycles. The van der Waals surface area contributed by atoms with E-state index in [1.54, 1.807) is 0 Å². The van der Waals surface area contributed by atoms with Crippen molar-refractivity contribution in [1.29, 1.82) is 0 Å². The SMILES string of the molecule is CCc1nn(C)c(N(C)CC2(N(C)C)CCC2)c1N. The van der Waals surface area contributed by atoms with Gasteiger partial charge in [0.25, 0.3) is 0 Å². The van der Waals surface area contributed by atoms with Gasteiger partial charge in [-0.3, -0.25) is 4.68 Å². The first-order chi connectivity index (χ1) is 8.91. The number of nitrogen functional groups attached to an aromatic ring is 1. The highest BCUT2D eigenvalue weighted by Crippen LogP contribution is 2.38. The van der Waals surface area contributed by atoms with Gasteiger partial charge >= 0.3 is 0 Å². The standard InChI is InChI=1S/C14H27N5/c1-6-11-12(15)13(19(5)16-11)18(4)10-14(17(2)3)8-7-9-14/h6-10,15H2,1-5H3. The molecule has 5 nitrogen and oxygen atoms in total. The summed E-state index contributed by atoms with van der Waals surface area (Å²) in [6.07, 6.45) is 4.74. The summed E-state index contributed by atoms with van der Waals surface area (Å²) >= 11 is 0. The van der Waals surface area contributed by atoms with Crippen molar-refractivity contribution in [3.63, 3.8) is 0 Å². The predicted octanol–water partition coefficient (Wildman–Crippen LogP) is 1.49. The molecule has 1 heterocycles. The van der Waals surface area contributed by atoms with Gasteiger partial charge in [0.1, 0.15) is 5.82 Å². The molecule has 1 aromatic heterocycles. The lowest BCUT2D eigenvalue weighted by atomic mass is 9.75. The van der Waals surface area contributed by atoms with Gasteiger partial charge in [-0.25, -0.2) is 0 Å². The third-order valence-corrected chi connectivity index (χ3v) is 4.59. The van der Waals surface area contributed by atoms with E-state index in [0.717, 1.165) is 30.2 Å². The van der Waals surface area contributed by atoms with E-state index >= 15 is 0 Å². The van der Waals surface area contributed by atoms with Crippen LogP contribution < -0.4 is 10.6 Å². The van der Waals surface area contributed by atoms with Crippen molar-refractivity contribution in [2.45, 2.75) is 38.1 Å². The van der Waals surface area contributed by atoms with Crippen LogP contribution in [0.15, 0.2) is 0 Å². The highest BCUT2D eigenvalue weighted by molar-refractivity contribution is 5.66. The molecule has 108 valence electrons. The fourth-order valence-electron chi connectivity index (χ4n) is 3.15. The number of rotatable bonds is 5. The van der Waals surface area contributed by atoms with Crippen molar-refractivity contribution < 1.29 is 0 Å². The normalized spacial score (nSPS) is 17.6. The van der Waals surface area contributed by atoms with Crippen LogP contribution in [0.4, 0.5) is 11.5 Å². The maximum absolute atomic E-state index is 6.23. The molecule has 2 N–H and O–H groups in total. The monoisotopic (exact) mass is 265 g/mol. The molecule has 1 aliphatic carbocycles. The Bertz CT molecular complexity index is 445. The summed E-state index contributed by atoms with van der Waals surface area (Å²) < 4.78 is 1.91. The minimum atomic E-state index is 0.303. The van der Waals surface area contributed by atoms with Gasteiger partial charge in [-0.05, 0) is 39.8 Å². The van der Waals surface area contributed by atoms with Crippen molar-refractivity contribution in [2.24, 2.45) is 7.05 Å². The Balaban J connectivity index is 2.20. The van der Waals surface area contributed by atoms with Gasteiger partial charge < -0.3 is 15.5 Å². The molecule has 0 spiro atoms. The summed E-state index contributed by atoms with van der Waals surface area (Å²) in [6.45, 7) is 3.10. The predicted molar refractivity (Wildman–Crippen MR) is 80.5 cm³/mol. The van der Waals surface area contributed by atoms with Crippen molar-refractivity contribution in [2.75, 3.05) is 38.3 Å². The molecular formula is C14H27N5. The highest BCUT2D eigenvalue weighted by Gasteiger charge is 2.40. The van der Waals surface area contributed by atoms with E-state index < -0.39 is 0 Å². The van der Waals surface area contributed by atoms with Crippen molar-refractivity contribution in [3.05, 3.63) is 5.69 Å². The Morgan fingerprint density at radius 3 is 2.32 bits per heavy atom. The van der Waals surface area contributed by atoms with E-state index in [-0.39, 0.29) is 0 Å². The lowest BCUT2D eigenvalue weighted by molar-refractivity contribution is 0.0681. The van der Waals surface area contributed by atoms with Gasteiger partial charge in [-0.2, -0.15) is 5.10 Å². The second kappa shape index (κ2) is 5.04. The molecule has 2 rings (SSSR count). The zero-order valence-corrected chi connectivity index (χ0v) is 12.9. The first-order valence-electron chi connectivity index (χ1n) is 7.11. The fraction of sp³-hybridized carbons (Fsp3) is 0.786. The highest BCUT2D eigenvalue weighted by atomic mass is 15.4. The van der Waals surface area contributed by atoms with Crippen molar-refractivity contribution in [3.8, 4) is 0 Å². The largest absolute Gasteiger partial charge is 0.394 e. The van der Waals surface area contributed by atoms with Gasteiger partial charge in [0.15, 0.2) is 0 Å². The summed E-state index contributed by atoms with van der Waals surface area (Å²) in [5.41, 5.74) is 8.37. The average Bonchev–Trinajstić information content (AvgIpc) is 2.58. The summed E-state index contributed by atoms with van der Waals surface area (Å²) in [7, 11) is 8.45. The Labute approximate surface area is 116 Å². The average molecular weight is 265 g/mol. The number of nitrogens with zero attached hydrogens (tertiary/aromatic N) is 4. The van der Waals surface area contributed by atoms with Crippen LogP contribution in [0.5, 0.6) is 0 Å². The number of hydrogen-bond acceptors (Lipinski definition) is 4. The lowest BCUT2D eigenvalue weighted by Crippen LogP contribution is -2.57. The summed E-state index contributed by atoms with van der Waals surface area (Å²) in [5, 5.41) is 4.50. The number of aromatic nitrogens is 2. The van der Waals surface area contributed by atoms with Crippen LogP contribution in [0.25, 0.3) is 0 Å². The maximum Gasteiger partial charge on any atom is 0.150 e. The van der Waals surface area contributed by atoms with Gasteiger partial charge in [0, 0.05) is 26.2 Å². The molecule has 1 aromatic rings. The van der Waals surface area contributed by atoms with Crippen LogP contribution in [0.3, 0.4) is 0 Å². The van der Waals surface area contributed by atoms with E-state index in [0.29, 0.717) is 5.54 Å². The molecule has 1 fully saturated rings. The molecule has 1 saturated carbocycles. The van der Waals surface area contributed by atoms with Crippen molar-refractivity contribution in [1.82, 2.24) is 14.7 Å². The van der Waals surface area contributed by atoms with E-state index in [1.807, 2.05) is 11.7 Å². The van der Waals surface area contributed by atoms with Crippen LogP contribution in [-0.4, -0.2) is 47.9 Å². The molecule has 1 aliphatic rings. The molecule has 0 unspecified atom stereocenters. The Kier molecular flexibility index (Phi) is 3.76. The van der Waals surface area contributed by atoms with E-state index in [2.05, 4.69) is 43.0 Å². The second-order valence-electron chi connectivity index (χ2n) is 5.99. The van der Waals surface area contributed by atoms with E-state index in [1.165, 1.54) is 19.3 Å². The van der Waals surface area contributed by atoms with Crippen LogP contribution >= 0.6 is 0 Å². The molecule has 0 amide bonds. The zero-order valence-electron chi connectivity index (χ0n) is 12.9. The summed E-state index contributed by atoms with van der Waals surface area (Å²) in [5.74, 6) is 1.05. The number of likely N-dealkylation sites (N-methyl/N-ethyl adjacent to an activating group) is 2. The first kappa shape index (κ1) is 14.2. The zero-order chi connectivity index (χ0) is 14.2. The molecule has 0 aromatic carbocycles. The first-order valence-corrected chi connectivity index (χ1v) is 7.11. The second-order valence-corrected chi connectivity index (χ2v) is 5.99. The topological polar surface area (TPSA) is 50.3 Å². The number of hydrogen-bond donors (Lipinski definition) is 1. The number of aryl methyl sites for hydroxylation is 2. The summed E-state index contributed by atoms with van der Waals surface area (Å²) in [6, 6.07) is 0. The molecule has 0 atom stereocenters. The fourth-order valence-corrected chi connectivity index (χ4v) is 3.15. The molecule has 19 heavy (non-hydrogen) atoms. The molecule has 0 aliphatic heterocycles. The molecule has 0 radical (unpaired) electrons. The van der Waals surface area contributed by atoms with Crippen LogP contribution in [-0.2, 0) is 13.5 Å².